The Morgan fingerprint density at radius 2 is 1.76 bits per heavy atom. The van der Waals surface area contributed by atoms with Crippen molar-refractivity contribution in [3.05, 3.63) is 76.8 Å². The molecular weight excluding hydrogens is 282 g/mol. The molecule has 104 valence electrons. The third kappa shape index (κ3) is 2.76. The van der Waals surface area contributed by atoms with Gasteiger partial charge in [0.05, 0.1) is 0 Å². The Kier molecular flexibility index (Phi) is 3.63. The van der Waals surface area contributed by atoms with Crippen LogP contribution in [0.3, 0.4) is 0 Å². The van der Waals surface area contributed by atoms with Crippen LogP contribution in [0.15, 0.2) is 60.7 Å². The van der Waals surface area contributed by atoms with Gasteiger partial charge in [-0.1, -0.05) is 48.0 Å². The van der Waals surface area contributed by atoms with Crippen molar-refractivity contribution in [1.82, 2.24) is 0 Å². The highest BCUT2D eigenvalue weighted by molar-refractivity contribution is 6.30. The number of amides is 1. The number of fused-ring (bicyclic) bond motifs is 1. The van der Waals surface area contributed by atoms with Crippen LogP contribution in [0.25, 0.3) is 10.8 Å². The Morgan fingerprint density at radius 1 is 1.00 bits per heavy atom. The van der Waals surface area contributed by atoms with Gasteiger partial charge < -0.3 is 5.32 Å². The highest BCUT2D eigenvalue weighted by atomic mass is 35.5. The van der Waals surface area contributed by atoms with Crippen LogP contribution < -0.4 is 5.32 Å². The van der Waals surface area contributed by atoms with Gasteiger partial charge in [-0.3, -0.25) is 4.79 Å². The summed E-state index contributed by atoms with van der Waals surface area (Å²) >= 11 is 5.94. The van der Waals surface area contributed by atoms with E-state index in [1.54, 1.807) is 6.07 Å². The van der Waals surface area contributed by atoms with Crippen molar-refractivity contribution in [2.75, 3.05) is 5.32 Å². The molecule has 2 nitrogen and oxygen atoms in total. The standard InChI is InChI=1S/C18H14ClNO/c1-12-11-14(19)9-10-17(12)20-18(21)16-8-4-6-13-5-2-3-7-15(13)16/h2-11H,1H3,(H,20,21). The number of carbonyl (C=O) groups is 1. The van der Waals surface area contributed by atoms with E-state index in [0.29, 0.717) is 10.6 Å². The van der Waals surface area contributed by atoms with Gasteiger partial charge in [0.15, 0.2) is 0 Å². The summed E-state index contributed by atoms with van der Waals surface area (Å²) in [6, 6.07) is 19.0. The number of aryl methyl sites for hydroxylation is 1. The van der Waals surface area contributed by atoms with Gasteiger partial charge in [-0.2, -0.15) is 0 Å². The van der Waals surface area contributed by atoms with Crippen molar-refractivity contribution in [3.63, 3.8) is 0 Å². The maximum Gasteiger partial charge on any atom is 0.256 e. The van der Waals surface area contributed by atoms with Gasteiger partial charge in [0, 0.05) is 16.3 Å². The van der Waals surface area contributed by atoms with Crippen LogP contribution in [0, 0.1) is 6.92 Å². The topological polar surface area (TPSA) is 29.1 Å². The molecule has 0 unspecified atom stereocenters. The molecular formula is C18H14ClNO. The van der Waals surface area contributed by atoms with Gasteiger partial charge in [-0.25, -0.2) is 0 Å². The molecule has 0 fully saturated rings. The van der Waals surface area contributed by atoms with Gasteiger partial charge in [0.2, 0.25) is 0 Å². The van der Waals surface area contributed by atoms with Gasteiger partial charge >= 0.3 is 0 Å². The van der Waals surface area contributed by atoms with E-state index in [1.165, 1.54) is 0 Å². The number of hydrogen-bond acceptors (Lipinski definition) is 1. The van der Waals surface area contributed by atoms with E-state index in [0.717, 1.165) is 22.0 Å². The summed E-state index contributed by atoms with van der Waals surface area (Å²) in [7, 11) is 0. The lowest BCUT2D eigenvalue weighted by atomic mass is 10.0. The largest absolute Gasteiger partial charge is 0.322 e. The molecule has 0 bridgehead atoms. The van der Waals surface area contributed by atoms with Crippen LogP contribution in [0.2, 0.25) is 5.02 Å². The van der Waals surface area contributed by atoms with Gasteiger partial charge in [0.1, 0.15) is 0 Å². The van der Waals surface area contributed by atoms with E-state index in [2.05, 4.69) is 5.32 Å². The molecule has 0 aromatic heterocycles. The van der Waals surface area contributed by atoms with E-state index in [9.17, 15) is 4.79 Å². The molecule has 3 aromatic carbocycles. The summed E-state index contributed by atoms with van der Waals surface area (Å²) in [6.45, 7) is 1.92. The third-order valence-electron chi connectivity index (χ3n) is 3.47. The molecule has 0 saturated heterocycles. The van der Waals surface area contributed by atoms with Gasteiger partial charge in [-0.15, -0.1) is 0 Å². The molecule has 0 aliphatic carbocycles. The second-order valence-corrected chi connectivity index (χ2v) is 5.38. The minimum atomic E-state index is -0.114. The Hall–Kier alpha value is -2.32. The van der Waals surface area contributed by atoms with E-state index in [4.69, 9.17) is 11.6 Å². The summed E-state index contributed by atoms with van der Waals surface area (Å²) in [5.41, 5.74) is 2.39. The molecule has 0 heterocycles. The van der Waals surface area contributed by atoms with E-state index >= 15 is 0 Å². The minimum Gasteiger partial charge on any atom is -0.322 e. The molecule has 1 amide bonds. The highest BCUT2D eigenvalue weighted by Gasteiger charge is 2.11. The number of nitrogens with one attached hydrogen (secondary N) is 1. The zero-order chi connectivity index (χ0) is 14.8. The molecule has 0 saturated carbocycles. The predicted molar refractivity (Wildman–Crippen MR) is 88.1 cm³/mol. The molecule has 3 heteroatoms. The lowest BCUT2D eigenvalue weighted by molar-refractivity contribution is 0.102. The molecule has 0 radical (unpaired) electrons. The molecule has 0 spiro atoms. The number of halogens is 1. The molecule has 1 N–H and O–H groups in total. The molecule has 0 atom stereocenters. The van der Waals surface area contributed by atoms with E-state index in [1.807, 2.05) is 61.5 Å². The first-order valence-electron chi connectivity index (χ1n) is 6.70. The van der Waals surface area contributed by atoms with Crippen LogP contribution in [-0.4, -0.2) is 5.91 Å². The number of rotatable bonds is 2. The predicted octanol–water partition coefficient (Wildman–Crippen LogP) is 5.05. The SMILES string of the molecule is Cc1cc(Cl)ccc1NC(=O)c1cccc2ccccc12. The molecule has 3 rings (SSSR count). The van der Waals surface area contributed by atoms with E-state index in [-0.39, 0.29) is 5.91 Å². The first-order chi connectivity index (χ1) is 10.1. The van der Waals surface area contributed by atoms with Gasteiger partial charge in [0.25, 0.3) is 5.91 Å². The van der Waals surface area contributed by atoms with Crippen molar-refractivity contribution < 1.29 is 4.79 Å². The van der Waals surface area contributed by atoms with Crippen molar-refractivity contribution in [1.29, 1.82) is 0 Å². The molecule has 3 aromatic rings. The van der Waals surface area contributed by atoms with E-state index < -0.39 is 0 Å². The van der Waals surface area contributed by atoms with Crippen LogP contribution in [0.4, 0.5) is 5.69 Å². The van der Waals surface area contributed by atoms with Gasteiger partial charge in [-0.05, 0) is 47.5 Å². The fourth-order valence-electron chi connectivity index (χ4n) is 2.38. The zero-order valence-corrected chi connectivity index (χ0v) is 12.3. The summed E-state index contributed by atoms with van der Waals surface area (Å²) in [6.07, 6.45) is 0. The molecule has 0 aliphatic rings. The maximum absolute atomic E-state index is 12.5. The first-order valence-corrected chi connectivity index (χ1v) is 7.08. The normalized spacial score (nSPS) is 10.6. The van der Waals surface area contributed by atoms with Crippen molar-refractivity contribution >= 4 is 34.0 Å². The number of hydrogen-bond donors (Lipinski definition) is 1. The summed E-state index contributed by atoms with van der Waals surface area (Å²) in [5, 5.41) is 5.61. The van der Waals surface area contributed by atoms with Crippen LogP contribution >= 0.6 is 11.6 Å². The Balaban J connectivity index is 1.97. The van der Waals surface area contributed by atoms with Crippen molar-refractivity contribution in [2.45, 2.75) is 6.92 Å². The van der Waals surface area contributed by atoms with Crippen molar-refractivity contribution in [2.24, 2.45) is 0 Å². The van der Waals surface area contributed by atoms with Crippen molar-refractivity contribution in [3.8, 4) is 0 Å². The maximum atomic E-state index is 12.5. The zero-order valence-electron chi connectivity index (χ0n) is 11.6. The number of anilines is 1. The number of carbonyl (C=O) groups excluding carboxylic acids is 1. The summed E-state index contributed by atoms with van der Waals surface area (Å²) < 4.78 is 0. The highest BCUT2D eigenvalue weighted by Crippen LogP contribution is 2.23. The lowest BCUT2D eigenvalue weighted by Gasteiger charge is -2.10. The molecule has 21 heavy (non-hydrogen) atoms. The van der Waals surface area contributed by atoms with Crippen LogP contribution in [0.1, 0.15) is 15.9 Å². The second-order valence-electron chi connectivity index (χ2n) is 4.94. The Labute approximate surface area is 128 Å². The fraction of sp³-hybridized carbons (Fsp3) is 0.0556. The smallest absolute Gasteiger partial charge is 0.256 e. The molecule has 0 aliphatic heterocycles. The Bertz CT molecular complexity index is 821. The number of benzene rings is 3. The first kappa shape index (κ1) is 13.7. The van der Waals surface area contributed by atoms with Crippen LogP contribution in [0.5, 0.6) is 0 Å². The lowest BCUT2D eigenvalue weighted by Crippen LogP contribution is -2.13. The second kappa shape index (κ2) is 5.58. The summed E-state index contributed by atoms with van der Waals surface area (Å²) in [5.74, 6) is -0.114. The minimum absolute atomic E-state index is 0.114. The third-order valence-corrected chi connectivity index (χ3v) is 3.71. The quantitative estimate of drug-likeness (QED) is 0.704. The van der Waals surface area contributed by atoms with Crippen LogP contribution in [-0.2, 0) is 0 Å². The summed E-state index contributed by atoms with van der Waals surface area (Å²) in [4.78, 5) is 12.5. The monoisotopic (exact) mass is 295 g/mol. The Morgan fingerprint density at radius 3 is 2.57 bits per heavy atom. The fourth-order valence-corrected chi connectivity index (χ4v) is 2.61. The average molecular weight is 296 g/mol. The average Bonchev–Trinajstić information content (AvgIpc) is 2.49.